The number of methoxy groups -OCH3 is 1. The monoisotopic (exact) mass is 281 g/mol. The van der Waals surface area contributed by atoms with Crippen LogP contribution in [0.4, 0.5) is 0 Å². The van der Waals surface area contributed by atoms with Crippen molar-refractivity contribution in [3.8, 4) is 5.75 Å². The molecular formula is C16H15N3O2. The average Bonchev–Trinajstić information content (AvgIpc) is 3.13. The van der Waals surface area contributed by atoms with Crippen LogP contribution < -0.4 is 20.9 Å². The van der Waals surface area contributed by atoms with Crippen LogP contribution in [0.3, 0.4) is 0 Å². The summed E-state index contributed by atoms with van der Waals surface area (Å²) in [7, 11) is 1.63. The summed E-state index contributed by atoms with van der Waals surface area (Å²) in [6.07, 6.45) is 5.52. The Bertz CT molecular complexity index is 902. The number of ether oxygens (including phenoxy) is 1. The van der Waals surface area contributed by atoms with Gasteiger partial charge in [0, 0.05) is 11.9 Å². The molecule has 0 unspecified atom stereocenters. The molecule has 0 saturated carbocycles. The van der Waals surface area contributed by atoms with Crippen LogP contribution in [0.15, 0.2) is 47.4 Å². The summed E-state index contributed by atoms with van der Waals surface area (Å²) in [4.78, 5) is 15.0. The Balaban J connectivity index is 2.15. The molecule has 0 amide bonds. The molecule has 0 aliphatic carbocycles. The van der Waals surface area contributed by atoms with Crippen LogP contribution in [0, 0.1) is 0 Å². The van der Waals surface area contributed by atoms with Crippen LogP contribution in [-0.2, 0) is 0 Å². The molecule has 0 radical (unpaired) electrons. The van der Waals surface area contributed by atoms with Crippen LogP contribution in [0.25, 0.3) is 12.2 Å². The Morgan fingerprint density at radius 3 is 2.76 bits per heavy atom. The summed E-state index contributed by atoms with van der Waals surface area (Å²) in [5.41, 5.74) is 1.67. The molecular weight excluding hydrogens is 266 g/mol. The lowest BCUT2D eigenvalue weighted by Gasteiger charge is -1.99. The van der Waals surface area contributed by atoms with Crippen LogP contribution >= 0.6 is 0 Å². The van der Waals surface area contributed by atoms with Crippen molar-refractivity contribution < 1.29 is 4.74 Å². The van der Waals surface area contributed by atoms with Crippen LogP contribution in [-0.4, -0.2) is 22.3 Å². The van der Waals surface area contributed by atoms with Crippen molar-refractivity contribution in [1.29, 1.82) is 0 Å². The van der Waals surface area contributed by atoms with Gasteiger partial charge in [-0.05, 0) is 42.0 Å². The van der Waals surface area contributed by atoms with Gasteiger partial charge in [-0.15, -0.1) is 0 Å². The summed E-state index contributed by atoms with van der Waals surface area (Å²) in [5.74, 6) is 0.775. The van der Waals surface area contributed by atoms with Crippen molar-refractivity contribution in [3.05, 3.63) is 74.8 Å². The molecule has 2 aromatic heterocycles. The first kappa shape index (κ1) is 13.1. The first-order chi connectivity index (χ1) is 10.3. The normalized spacial score (nSPS) is 12.8. The molecule has 0 aliphatic rings. The van der Waals surface area contributed by atoms with Crippen LogP contribution in [0.5, 0.6) is 5.75 Å². The maximum Gasteiger partial charge on any atom is 0.271 e. The van der Waals surface area contributed by atoms with Crippen molar-refractivity contribution in [2.75, 3.05) is 7.11 Å². The van der Waals surface area contributed by atoms with Gasteiger partial charge in [0.1, 0.15) is 5.75 Å². The minimum Gasteiger partial charge on any atom is -0.497 e. The lowest BCUT2D eigenvalue weighted by molar-refractivity contribution is 0.414. The topological polar surface area (TPSA) is 73.7 Å². The fourth-order valence-corrected chi connectivity index (χ4v) is 2.13. The smallest absolute Gasteiger partial charge is 0.271 e. The van der Waals surface area contributed by atoms with E-state index in [2.05, 4.69) is 15.2 Å². The molecule has 1 aromatic carbocycles. The van der Waals surface area contributed by atoms with Gasteiger partial charge in [0.25, 0.3) is 5.56 Å². The van der Waals surface area contributed by atoms with Gasteiger partial charge in [-0.25, -0.2) is 0 Å². The molecule has 3 N–H and O–H groups in total. The second-order valence-corrected chi connectivity index (χ2v) is 4.60. The highest BCUT2D eigenvalue weighted by Crippen LogP contribution is 2.12. The van der Waals surface area contributed by atoms with E-state index < -0.39 is 0 Å². The molecule has 5 nitrogen and oxygen atoms in total. The quantitative estimate of drug-likeness (QED) is 0.661. The Morgan fingerprint density at radius 2 is 2.00 bits per heavy atom. The van der Waals surface area contributed by atoms with Gasteiger partial charge in [-0.3, -0.25) is 15.0 Å². The second kappa shape index (κ2) is 5.58. The molecule has 0 fully saturated rings. The summed E-state index contributed by atoms with van der Waals surface area (Å²) in [6.45, 7) is 0. The number of hydrogen-bond acceptors (Lipinski definition) is 2. The van der Waals surface area contributed by atoms with Crippen molar-refractivity contribution in [2.45, 2.75) is 0 Å². The molecule has 0 atom stereocenters. The molecule has 0 saturated heterocycles. The molecule has 106 valence electrons. The third-order valence-corrected chi connectivity index (χ3v) is 3.17. The highest BCUT2D eigenvalue weighted by molar-refractivity contribution is 5.53. The van der Waals surface area contributed by atoms with Gasteiger partial charge in [-0.1, -0.05) is 12.1 Å². The zero-order valence-electron chi connectivity index (χ0n) is 11.5. The average molecular weight is 281 g/mol. The maximum absolute atomic E-state index is 11.9. The zero-order chi connectivity index (χ0) is 14.7. The summed E-state index contributed by atoms with van der Waals surface area (Å²) in [5, 5.41) is 6.81. The minimum absolute atomic E-state index is 0.154. The first-order valence-corrected chi connectivity index (χ1v) is 6.54. The van der Waals surface area contributed by atoms with Crippen molar-refractivity contribution in [1.82, 2.24) is 15.2 Å². The molecule has 0 bridgehead atoms. The van der Waals surface area contributed by atoms with E-state index in [4.69, 9.17) is 4.74 Å². The molecule has 2 heterocycles. The Labute approximate surface area is 120 Å². The van der Waals surface area contributed by atoms with Gasteiger partial charge in [0.2, 0.25) is 0 Å². The van der Waals surface area contributed by atoms with Crippen molar-refractivity contribution >= 4 is 12.2 Å². The summed E-state index contributed by atoms with van der Waals surface area (Å²) < 4.78 is 5.20. The highest BCUT2D eigenvalue weighted by atomic mass is 16.5. The van der Waals surface area contributed by atoms with E-state index in [1.54, 1.807) is 13.2 Å². The number of benzene rings is 1. The molecule has 5 heteroatoms. The number of aromatic nitrogens is 3. The fourth-order valence-electron chi connectivity index (χ4n) is 2.13. The lowest BCUT2D eigenvalue weighted by atomic mass is 10.2. The molecule has 0 aliphatic heterocycles. The van der Waals surface area contributed by atoms with Gasteiger partial charge in [0.15, 0.2) is 0 Å². The first-order valence-electron chi connectivity index (χ1n) is 6.54. The van der Waals surface area contributed by atoms with Gasteiger partial charge in [0.05, 0.1) is 17.7 Å². The third kappa shape index (κ3) is 2.81. The summed E-state index contributed by atoms with van der Waals surface area (Å²) >= 11 is 0. The lowest BCUT2D eigenvalue weighted by Crippen LogP contribution is -2.33. The van der Waals surface area contributed by atoms with E-state index in [0.29, 0.717) is 5.22 Å². The number of nitrogens with one attached hydrogen (secondary N) is 3. The van der Waals surface area contributed by atoms with E-state index >= 15 is 0 Å². The van der Waals surface area contributed by atoms with E-state index in [0.717, 1.165) is 22.4 Å². The Hall–Kier alpha value is -2.95. The standard InChI is InChI=1S/C16H15N3O2/c1-21-13-6-2-4-11(8-13)9-15-14(16(20)19-18-15)10-12-5-3-7-17-12/h2-10,17-18H,1H3,(H,19,20). The second-order valence-electron chi connectivity index (χ2n) is 4.60. The number of aromatic amines is 3. The van der Waals surface area contributed by atoms with Crippen LogP contribution in [0.2, 0.25) is 0 Å². The zero-order valence-corrected chi connectivity index (χ0v) is 11.5. The third-order valence-electron chi connectivity index (χ3n) is 3.17. The maximum atomic E-state index is 11.9. The van der Waals surface area contributed by atoms with Crippen molar-refractivity contribution in [3.63, 3.8) is 0 Å². The Morgan fingerprint density at radius 1 is 1.10 bits per heavy atom. The van der Waals surface area contributed by atoms with Gasteiger partial charge in [-0.2, -0.15) is 0 Å². The highest BCUT2D eigenvalue weighted by Gasteiger charge is 1.98. The predicted molar refractivity (Wildman–Crippen MR) is 81.6 cm³/mol. The van der Waals surface area contributed by atoms with Crippen molar-refractivity contribution in [2.24, 2.45) is 0 Å². The number of hydrogen-bond donors (Lipinski definition) is 3. The Kier molecular flexibility index (Phi) is 3.47. The SMILES string of the molecule is COc1cccc(C=c2[nH][nH]c(=O)c2=Cc2ccc[nH]2)c1. The van der Waals surface area contributed by atoms with Gasteiger partial charge < -0.3 is 9.72 Å². The van der Waals surface area contributed by atoms with E-state index in [9.17, 15) is 4.79 Å². The van der Waals surface area contributed by atoms with Gasteiger partial charge >= 0.3 is 0 Å². The van der Waals surface area contributed by atoms with Crippen LogP contribution in [0.1, 0.15) is 11.3 Å². The fraction of sp³-hybridized carbons (Fsp3) is 0.0625. The van der Waals surface area contributed by atoms with E-state index in [-0.39, 0.29) is 5.56 Å². The predicted octanol–water partition coefficient (Wildman–Crippen LogP) is 0.697. The number of H-pyrrole nitrogens is 3. The van der Waals surface area contributed by atoms with E-state index in [1.165, 1.54) is 0 Å². The largest absolute Gasteiger partial charge is 0.497 e. The number of rotatable bonds is 3. The molecule has 21 heavy (non-hydrogen) atoms. The van der Waals surface area contributed by atoms with E-state index in [1.807, 2.05) is 48.7 Å². The minimum atomic E-state index is -0.154. The molecule has 3 aromatic rings. The molecule has 0 spiro atoms. The molecule has 3 rings (SSSR count). The summed E-state index contributed by atoms with van der Waals surface area (Å²) in [6, 6.07) is 11.4.